The molecule has 0 bridgehead atoms. The fourth-order valence-corrected chi connectivity index (χ4v) is 4.98. The molecule has 2 atom stereocenters. The summed E-state index contributed by atoms with van der Waals surface area (Å²) in [6.07, 6.45) is 5.99. The minimum atomic E-state index is -1.66. The summed E-state index contributed by atoms with van der Waals surface area (Å²) >= 11 is 0. The maximum absolute atomic E-state index is 12.7. The minimum Gasteiger partial charge on any atom is -0.426 e. The zero-order valence-electron chi connectivity index (χ0n) is 13.8. The Kier molecular flexibility index (Phi) is 4.16. The molecule has 0 amide bonds. The van der Waals surface area contributed by atoms with E-state index >= 15 is 0 Å². The maximum atomic E-state index is 12.7. The van der Waals surface area contributed by atoms with Crippen molar-refractivity contribution in [3.8, 4) is 5.75 Å². The number of rotatable bonds is 4. The molecule has 1 spiro atoms. The van der Waals surface area contributed by atoms with Crippen LogP contribution in [0.5, 0.6) is 5.75 Å². The van der Waals surface area contributed by atoms with Crippen LogP contribution in [-0.2, 0) is 9.22 Å². The largest absolute Gasteiger partial charge is 0.426 e. The van der Waals surface area contributed by atoms with Gasteiger partial charge in [0.15, 0.2) is 8.32 Å². The van der Waals surface area contributed by atoms with Gasteiger partial charge in [-0.2, -0.15) is 0 Å². The second-order valence-electron chi connectivity index (χ2n) is 7.66. The van der Waals surface area contributed by atoms with Gasteiger partial charge >= 0.3 is 5.97 Å². The molecule has 0 unspecified atom stereocenters. The van der Waals surface area contributed by atoms with Crippen molar-refractivity contribution in [1.29, 1.82) is 0 Å². The van der Waals surface area contributed by atoms with Gasteiger partial charge in [0.25, 0.3) is 0 Å². The van der Waals surface area contributed by atoms with Crippen LogP contribution >= 0.6 is 0 Å². The molecule has 2 fully saturated rings. The Labute approximate surface area is 134 Å². The van der Waals surface area contributed by atoms with Gasteiger partial charge in [0.2, 0.25) is 0 Å². The molecule has 2 aliphatic rings. The zero-order chi connectivity index (χ0) is 15.8. The quantitative estimate of drug-likeness (QED) is 0.469. The third-order valence-corrected chi connectivity index (χ3v) is 5.82. The molecule has 22 heavy (non-hydrogen) atoms. The molecule has 2 aliphatic carbocycles. The average Bonchev–Trinajstić information content (AvgIpc) is 3.04. The second kappa shape index (κ2) is 5.82. The number of ether oxygens (including phenoxy) is 1. The molecule has 1 aromatic rings. The van der Waals surface area contributed by atoms with Crippen molar-refractivity contribution in [2.24, 2.45) is 11.3 Å². The number of benzene rings is 1. The Morgan fingerprint density at radius 2 is 1.73 bits per heavy atom. The first-order valence-corrected chi connectivity index (χ1v) is 11.8. The highest BCUT2D eigenvalue weighted by Gasteiger charge is 2.69. The highest BCUT2D eigenvalue weighted by atomic mass is 28.4. The van der Waals surface area contributed by atoms with Crippen LogP contribution in [0.3, 0.4) is 0 Å². The molecule has 0 N–H and O–H groups in total. The summed E-state index contributed by atoms with van der Waals surface area (Å²) in [7, 11) is -1.66. The highest BCUT2D eigenvalue weighted by molar-refractivity contribution is 6.69. The Bertz CT molecular complexity index is 529. The monoisotopic (exact) mass is 318 g/mol. The van der Waals surface area contributed by atoms with Crippen molar-refractivity contribution in [1.82, 2.24) is 0 Å². The van der Waals surface area contributed by atoms with E-state index in [9.17, 15) is 4.79 Å². The third kappa shape index (κ3) is 3.13. The van der Waals surface area contributed by atoms with Crippen LogP contribution in [0.15, 0.2) is 30.3 Å². The minimum absolute atomic E-state index is 0.0599. The molecule has 2 saturated carbocycles. The molecule has 0 heterocycles. The summed E-state index contributed by atoms with van der Waals surface area (Å²) in [5, 5.41) is 0. The summed E-state index contributed by atoms with van der Waals surface area (Å²) < 4.78 is 12.0. The van der Waals surface area contributed by atoms with Gasteiger partial charge in [-0.25, -0.2) is 0 Å². The summed E-state index contributed by atoms with van der Waals surface area (Å²) in [6, 6.07) is 9.38. The lowest BCUT2D eigenvalue weighted by molar-refractivity contribution is -0.137. The predicted octanol–water partition coefficient (Wildman–Crippen LogP) is 4.39. The van der Waals surface area contributed by atoms with Gasteiger partial charge in [-0.3, -0.25) is 4.79 Å². The normalized spacial score (nSPS) is 26.7. The molecule has 0 aromatic heterocycles. The lowest BCUT2D eigenvalue weighted by Gasteiger charge is -2.25. The van der Waals surface area contributed by atoms with Crippen LogP contribution in [0.2, 0.25) is 19.6 Å². The highest BCUT2D eigenvalue weighted by Crippen LogP contribution is 2.63. The first kappa shape index (κ1) is 15.8. The van der Waals surface area contributed by atoms with Crippen LogP contribution in [0, 0.1) is 11.3 Å². The van der Waals surface area contributed by atoms with Crippen LogP contribution in [0.25, 0.3) is 0 Å². The molecule has 3 nitrogen and oxygen atoms in total. The third-order valence-electron chi connectivity index (χ3n) is 4.86. The molecular formula is C18H26O3Si. The lowest BCUT2D eigenvalue weighted by Crippen LogP contribution is -2.29. The fourth-order valence-electron chi connectivity index (χ4n) is 3.85. The Morgan fingerprint density at radius 1 is 1.09 bits per heavy atom. The Hall–Kier alpha value is -1.13. The van der Waals surface area contributed by atoms with Gasteiger partial charge in [0.1, 0.15) is 5.75 Å². The van der Waals surface area contributed by atoms with Crippen molar-refractivity contribution in [2.45, 2.75) is 57.8 Å². The van der Waals surface area contributed by atoms with E-state index < -0.39 is 8.32 Å². The summed E-state index contributed by atoms with van der Waals surface area (Å²) in [6.45, 7) is 6.59. The van der Waals surface area contributed by atoms with E-state index in [1.165, 1.54) is 19.3 Å². The molecule has 0 saturated heterocycles. The van der Waals surface area contributed by atoms with Crippen LogP contribution in [0.1, 0.15) is 32.1 Å². The van der Waals surface area contributed by atoms with Crippen LogP contribution < -0.4 is 4.74 Å². The van der Waals surface area contributed by atoms with Gasteiger partial charge < -0.3 is 9.16 Å². The number of esters is 1. The number of hydrogen-bond acceptors (Lipinski definition) is 3. The fraction of sp³-hybridized carbons (Fsp3) is 0.611. The Balaban J connectivity index is 1.74. The van der Waals surface area contributed by atoms with Gasteiger partial charge in [-0.1, -0.05) is 37.5 Å². The SMILES string of the molecule is C[Si](C)(C)O[C@@H]1[C@@H](C(=O)Oc2ccccc2)C12CCCCC2. The van der Waals surface area contributed by atoms with E-state index in [1.807, 2.05) is 30.3 Å². The standard InChI is InChI=1S/C18H26O3Si/c1-22(2,3)21-16-15(18(16)12-8-5-9-13-18)17(19)20-14-10-6-4-7-11-14/h4,6-7,10-11,15-16H,5,8-9,12-13H2,1-3H3/t15-,16+/m0/s1. The van der Waals surface area contributed by atoms with Gasteiger partial charge in [-0.15, -0.1) is 0 Å². The average molecular weight is 318 g/mol. The first-order chi connectivity index (χ1) is 10.4. The summed E-state index contributed by atoms with van der Waals surface area (Å²) in [4.78, 5) is 12.7. The van der Waals surface area contributed by atoms with Gasteiger partial charge in [-0.05, 0) is 44.6 Å². The van der Waals surface area contributed by atoms with E-state index in [-0.39, 0.29) is 23.4 Å². The van der Waals surface area contributed by atoms with Gasteiger partial charge in [0, 0.05) is 5.41 Å². The molecule has 0 aliphatic heterocycles. The zero-order valence-corrected chi connectivity index (χ0v) is 14.8. The molecular weight excluding hydrogens is 292 g/mol. The second-order valence-corrected chi connectivity index (χ2v) is 12.1. The first-order valence-electron chi connectivity index (χ1n) is 8.37. The molecule has 0 radical (unpaired) electrons. The van der Waals surface area contributed by atoms with E-state index in [1.54, 1.807) is 0 Å². The van der Waals surface area contributed by atoms with Crippen molar-refractivity contribution in [3.63, 3.8) is 0 Å². The van der Waals surface area contributed by atoms with Crippen molar-refractivity contribution in [2.75, 3.05) is 0 Å². The van der Waals surface area contributed by atoms with E-state index in [4.69, 9.17) is 9.16 Å². The topological polar surface area (TPSA) is 35.5 Å². The number of carbonyl (C=O) groups is 1. The van der Waals surface area contributed by atoms with Gasteiger partial charge in [0.05, 0.1) is 12.0 Å². The van der Waals surface area contributed by atoms with Crippen LogP contribution in [-0.4, -0.2) is 20.4 Å². The molecule has 1 aromatic carbocycles. The number of carbonyl (C=O) groups excluding carboxylic acids is 1. The van der Waals surface area contributed by atoms with E-state index in [0.717, 1.165) is 12.8 Å². The summed E-state index contributed by atoms with van der Waals surface area (Å²) in [5.74, 6) is 0.466. The van der Waals surface area contributed by atoms with E-state index in [0.29, 0.717) is 5.75 Å². The number of hydrogen-bond donors (Lipinski definition) is 0. The van der Waals surface area contributed by atoms with Crippen molar-refractivity contribution >= 4 is 14.3 Å². The van der Waals surface area contributed by atoms with Crippen LogP contribution in [0.4, 0.5) is 0 Å². The Morgan fingerprint density at radius 3 is 2.32 bits per heavy atom. The summed E-state index contributed by atoms with van der Waals surface area (Å²) in [5.41, 5.74) is 0.0599. The lowest BCUT2D eigenvalue weighted by atomic mass is 9.84. The molecule has 120 valence electrons. The molecule has 4 heteroatoms. The smallest absolute Gasteiger partial charge is 0.317 e. The molecule has 3 rings (SSSR count). The maximum Gasteiger partial charge on any atom is 0.317 e. The predicted molar refractivity (Wildman–Crippen MR) is 89.3 cm³/mol. The van der Waals surface area contributed by atoms with E-state index in [2.05, 4.69) is 19.6 Å². The van der Waals surface area contributed by atoms with Crippen molar-refractivity contribution in [3.05, 3.63) is 30.3 Å². The number of para-hydroxylation sites is 1. The van der Waals surface area contributed by atoms with Crippen molar-refractivity contribution < 1.29 is 14.0 Å².